The zero-order chi connectivity index (χ0) is 24.6. The molecule has 0 spiro atoms. The van der Waals surface area contributed by atoms with Crippen LogP contribution in [0.15, 0.2) is 78.9 Å². The van der Waals surface area contributed by atoms with Crippen molar-refractivity contribution in [3.63, 3.8) is 0 Å². The molecule has 0 saturated heterocycles. The van der Waals surface area contributed by atoms with Crippen molar-refractivity contribution in [3.8, 4) is 17.1 Å². The summed E-state index contributed by atoms with van der Waals surface area (Å²) in [6, 6.07) is 25.8. The zero-order valence-electron chi connectivity index (χ0n) is 19.8. The van der Waals surface area contributed by atoms with Crippen LogP contribution < -0.4 is 15.4 Å². The first-order chi connectivity index (χ1) is 17.0. The van der Waals surface area contributed by atoms with E-state index in [0.29, 0.717) is 23.7 Å². The van der Waals surface area contributed by atoms with Crippen LogP contribution in [-0.2, 0) is 11.3 Å². The minimum atomic E-state index is -0.0934. The van der Waals surface area contributed by atoms with Crippen molar-refractivity contribution in [2.45, 2.75) is 32.9 Å². The summed E-state index contributed by atoms with van der Waals surface area (Å²) in [4.78, 5) is 12.6. The molecule has 7 nitrogen and oxygen atoms in total. The molecule has 0 radical (unpaired) electrons. The Hall–Kier alpha value is -3.91. The lowest BCUT2D eigenvalue weighted by Gasteiger charge is -2.16. The highest BCUT2D eigenvalue weighted by molar-refractivity contribution is 7.71. The van der Waals surface area contributed by atoms with E-state index < -0.39 is 0 Å². The topological polar surface area (TPSA) is 84.0 Å². The van der Waals surface area contributed by atoms with Crippen LogP contribution in [0.4, 0.5) is 11.4 Å². The summed E-state index contributed by atoms with van der Waals surface area (Å²) < 4.78 is 7.81. The maximum absolute atomic E-state index is 12.6. The van der Waals surface area contributed by atoms with E-state index >= 15 is 0 Å². The number of amides is 1. The number of anilines is 2. The Kier molecular flexibility index (Phi) is 7.95. The second-order valence-electron chi connectivity index (χ2n) is 8.11. The minimum absolute atomic E-state index is 0.0934. The molecule has 0 aliphatic carbocycles. The molecule has 1 aromatic heterocycles. The van der Waals surface area contributed by atoms with E-state index in [2.05, 4.69) is 39.9 Å². The highest BCUT2D eigenvalue weighted by Gasteiger charge is 2.12. The number of benzene rings is 3. The fourth-order valence-electron chi connectivity index (χ4n) is 3.77. The van der Waals surface area contributed by atoms with Gasteiger partial charge in [0.2, 0.25) is 5.91 Å². The first kappa shape index (κ1) is 24.2. The number of hydrogen-bond acceptors (Lipinski definition) is 5. The molecule has 1 amide bonds. The van der Waals surface area contributed by atoms with Crippen molar-refractivity contribution >= 4 is 29.5 Å². The molecular formula is C27H29N5O2S. The number of aromatic amines is 1. The van der Waals surface area contributed by atoms with Gasteiger partial charge in [-0.3, -0.25) is 14.5 Å². The lowest BCUT2D eigenvalue weighted by molar-refractivity contribution is -0.116. The van der Waals surface area contributed by atoms with E-state index in [1.807, 2.05) is 78.2 Å². The summed E-state index contributed by atoms with van der Waals surface area (Å²) in [5.74, 6) is 1.39. The van der Waals surface area contributed by atoms with Crippen molar-refractivity contribution in [2.24, 2.45) is 0 Å². The Morgan fingerprint density at radius 1 is 1.03 bits per heavy atom. The summed E-state index contributed by atoms with van der Waals surface area (Å²) in [5, 5.41) is 13.6. The van der Waals surface area contributed by atoms with Gasteiger partial charge >= 0.3 is 0 Å². The van der Waals surface area contributed by atoms with Crippen molar-refractivity contribution in [3.05, 3.63) is 89.2 Å². The van der Waals surface area contributed by atoms with E-state index in [4.69, 9.17) is 17.0 Å². The average molecular weight is 488 g/mol. The van der Waals surface area contributed by atoms with Crippen LogP contribution in [0.2, 0.25) is 0 Å². The van der Waals surface area contributed by atoms with E-state index in [1.54, 1.807) is 0 Å². The fourth-order valence-corrected chi connectivity index (χ4v) is 4.00. The monoisotopic (exact) mass is 487 g/mol. The molecule has 1 heterocycles. The van der Waals surface area contributed by atoms with E-state index in [9.17, 15) is 4.79 Å². The Morgan fingerprint density at radius 3 is 2.40 bits per heavy atom. The van der Waals surface area contributed by atoms with Gasteiger partial charge in [0, 0.05) is 35.9 Å². The van der Waals surface area contributed by atoms with Gasteiger partial charge in [0.1, 0.15) is 5.75 Å². The molecule has 8 heteroatoms. The van der Waals surface area contributed by atoms with E-state index in [1.165, 1.54) is 5.56 Å². The number of nitrogens with one attached hydrogen (secondary N) is 3. The molecule has 0 aliphatic rings. The fraction of sp³-hybridized carbons (Fsp3) is 0.222. The molecule has 0 fully saturated rings. The van der Waals surface area contributed by atoms with Crippen LogP contribution in [0.3, 0.4) is 0 Å². The largest absolute Gasteiger partial charge is 0.494 e. The number of nitrogens with zero attached hydrogens (tertiary/aromatic N) is 2. The highest BCUT2D eigenvalue weighted by atomic mass is 32.1. The lowest BCUT2D eigenvalue weighted by Crippen LogP contribution is -2.15. The Bertz CT molecular complexity index is 1300. The molecule has 1 unspecified atom stereocenters. The highest BCUT2D eigenvalue weighted by Crippen LogP contribution is 2.23. The number of hydrogen-bond donors (Lipinski definition) is 3. The first-order valence-corrected chi connectivity index (χ1v) is 12.0. The molecule has 180 valence electrons. The first-order valence-electron chi connectivity index (χ1n) is 11.6. The van der Waals surface area contributed by atoms with Gasteiger partial charge in [0.25, 0.3) is 0 Å². The summed E-state index contributed by atoms with van der Waals surface area (Å²) in [6.45, 7) is 5.09. The maximum atomic E-state index is 12.6. The number of H-pyrrole nitrogens is 1. The number of carbonyl (C=O) groups excluding carboxylic acids is 1. The summed E-state index contributed by atoms with van der Waals surface area (Å²) in [6.07, 6.45) is 0.267. The summed E-state index contributed by atoms with van der Waals surface area (Å²) >= 11 is 5.39. The third-order valence-electron chi connectivity index (χ3n) is 5.60. The van der Waals surface area contributed by atoms with Gasteiger partial charge in [-0.2, -0.15) is 5.10 Å². The molecule has 4 aromatic rings. The molecule has 0 aliphatic heterocycles. The van der Waals surface area contributed by atoms with Gasteiger partial charge in [-0.15, -0.1) is 0 Å². The number of carbonyl (C=O) groups is 1. The number of ether oxygens (including phenoxy) is 1. The molecule has 4 rings (SSSR count). The van der Waals surface area contributed by atoms with Gasteiger partial charge in [0.05, 0.1) is 6.61 Å². The van der Waals surface area contributed by atoms with Crippen LogP contribution in [-0.4, -0.2) is 27.3 Å². The molecule has 0 bridgehead atoms. The van der Waals surface area contributed by atoms with Gasteiger partial charge in [-0.1, -0.05) is 30.3 Å². The van der Waals surface area contributed by atoms with Crippen LogP contribution in [0, 0.1) is 4.77 Å². The smallest absolute Gasteiger partial charge is 0.226 e. The Morgan fingerprint density at radius 2 is 1.71 bits per heavy atom. The zero-order valence-corrected chi connectivity index (χ0v) is 20.6. The van der Waals surface area contributed by atoms with Gasteiger partial charge in [-0.05, 0) is 80.2 Å². The lowest BCUT2D eigenvalue weighted by atomic mass is 10.1. The average Bonchev–Trinajstić information content (AvgIpc) is 3.25. The number of aromatic nitrogens is 3. The van der Waals surface area contributed by atoms with Crippen LogP contribution in [0.1, 0.15) is 31.9 Å². The third kappa shape index (κ3) is 6.36. The molecule has 1 atom stereocenters. The van der Waals surface area contributed by atoms with Crippen LogP contribution >= 0.6 is 12.2 Å². The van der Waals surface area contributed by atoms with E-state index in [0.717, 1.165) is 22.7 Å². The standard InChI is InChI=1S/C27H29N5O2S/c1-3-34-24-15-9-21(10-16-24)26-30-31-27(35)32(26)18-17-25(33)29-23-13-11-22(12-14-23)28-19(2)20-7-5-4-6-8-20/h4-16,19,28H,3,17-18H2,1-2H3,(H,29,33)(H,31,35). The number of rotatable bonds is 10. The minimum Gasteiger partial charge on any atom is -0.494 e. The van der Waals surface area contributed by atoms with Crippen molar-refractivity contribution < 1.29 is 9.53 Å². The Balaban J connectivity index is 1.33. The van der Waals surface area contributed by atoms with Gasteiger partial charge in [-0.25, -0.2) is 0 Å². The molecular weight excluding hydrogens is 458 g/mol. The maximum Gasteiger partial charge on any atom is 0.226 e. The van der Waals surface area contributed by atoms with Crippen LogP contribution in [0.5, 0.6) is 5.75 Å². The second-order valence-corrected chi connectivity index (χ2v) is 8.50. The van der Waals surface area contributed by atoms with E-state index in [-0.39, 0.29) is 18.4 Å². The summed E-state index contributed by atoms with van der Waals surface area (Å²) in [5.41, 5.74) is 3.85. The Labute approximate surface area is 210 Å². The van der Waals surface area contributed by atoms with Gasteiger partial charge in [0.15, 0.2) is 10.6 Å². The van der Waals surface area contributed by atoms with Crippen molar-refractivity contribution in [2.75, 3.05) is 17.2 Å². The van der Waals surface area contributed by atoms with Crippen LogP contribution in [0.25, 0.3) is 11.4 Å². The molecule has 3 aromatic carbocycles. The molecule has 35 heavy (non-hydrogen) atoms. The third-order valence-corrected chi connectivity index (χ3v) is 5.91. The quantitative estimate of drug-likeness (QED) is 0.232. The normalized spacial score (nSPS) is 11.6. The predicted octanol–water partition coefficient (Wildman–Crippen LogP) is 6.21. The van der Waals surface area contributed by atoms with Crippen molar-refractivity contribution in [1.82, 2.24) is 14.8 Å². The molecule has 0 saturated carbocycles. The predicted molar refractivity (Wildman–Crippen MR) is 142 cm³/mol. The summed E-state index contributed by atoms with van der Waals surface area (Å²) in [7, 11) is 0. The second kappa shape index (κ2) is 11.5. The SMILES string of the molecule is CCOc1ccc(-c2n[nH]c(=S)n2CCC(=O)Nc2ccc(NC(C)c3ccccc3)cc2)cc1. The van der Waals surface area contributed by atoms with Gasteiger partial charge < -0.3 is 15.4 Å². The van der Waals surface area contributed by atoms with Crippen molar-refractivity contribution in [1.29, 1.82) is 0 Å². The molecule has 3 N–H and O–H groups in total.